The third-order valence-corrected chi connectivity index (χ3v) is 17.8. The number of halogens is 2. The zero-order valence-electron chi connectivity index (χ0n) is 49.1. The molecule has 5 aromatic carbocycles. The molecule has 6 amide bonds. The van der Waals surface area contributed by atoms with Gasteiger partial charge < -0.3 is 32.7 Å². The second-order valence-electron chi connectivity index (χ2n) is 23.5. The van der Waals surface area contributed by atoms with Crippen LogP contribution in [0.5, 0.6) is 0 Å². The summed E-state index contributed by atoms with van der Waals surface area (Å²) in [5, 5.41) is 25.0. The molecule has 4 heterocycles. The fraction of sp³-hybridized carbons (Fsp3) is 0.385. The summed E-state index contributed by atoms with van der Waals surface area (Å²) in [6.45, 7) is 7.15. The highest BCUT2D eigenvalue weighted by Gasteiger charge is 2.47. The number of rotatable bonds is 9. The number of guanidine groups is 3. The van der Waals surface area contributed by atoms with Gasteiger partial charge in [-0.2, -0.15) is 10.5 Å². The molecule has 86 heavy (non-hydrogen) atoms. The molecule has 5 aromatic rings. The van der Waals surface area contributed by atoms with Crippen LogP contribution in [0.25, 0.3) is 22.3 Å². The first-order valence-corrected chi connectivity index (χ1v) is 29.7. The summed E-state index contributed by atoms with van der Waals surface area (Å²) in [5.74, 6) is 1.26. The Hall–Kier alpha value is -8.78. The van der Waals surface area contributed by atoms with Crippen molar-refractivity contribution < 1.29 is 24.0 Å². The van der Waals surface area contributed by atoms with Crippen LogP contribution >= 0.6 is 23.2 Å². The highest BCUT2D eigenvalue weighted by Crippen LogP contribution is 2.45. The summed E-state index contributed by atoms with van der Waals surface area (Å²) in [4.78, 5) is 82.2. The van der Waals surface area contributed by atoms with Gasteiger partial charge in [-0.25, -0.2) is 19.8 Å². The number of hydrogen-bond acceptors (Lipinski definition) is 13. The number of piperidine rings is 1. The molecule has 0 aromatic heterocycles. The molecule has 0 radical (unpaired) electrons. The third kappa shape index (κ3) is 13.7. The number of carbonyl (C=O) groups is 5. The molecule has 11 rings (SSSR count). The number of nitrogens with one attached hydrogen (secondary N) is 2. The van der Waals surface area contributed by atoms with E-state index >= 15 is 0 Å². The van der Waals surface area contributed by atoms with Crippen LogP contribution in [-0.4, -0.2) is 112 Å². The maximum atomic E-state index is 13.5. The molecule has 1 unspecified atom stereocenters. The number of aliphatic imine (C=N–C) groups is 3. The van der Waals surface area contributed by atoms with Crippen molar-refractivity contribution in [1.29, 1.82) is 10.5 Å². The molecule has 1 saturated carbocycles. The maximum absolute atomic E-state index is 13.5. The average molecular weight is 1200 g/mol. The Balaban J connectivity index is 0.000000155. The second-order valence-corrected chi connectivity index (χ2v) is 24.4. The lowest BCUT2D eigenvalue weighted by atomic mass is 9.73. The third-order valence-electron chi connectivity index (χ3n) is 17.4. The van der Waals surface area contributed by atoms with Gasteiger partial charge in [-0.05, 0) is 183 Å². The van der Waals surface area contributed by atoms with Crippen LogP contribution in [0.15, 0.2) is 124 Å². The molecule has 1 saturated heterocycles. The van der Waals surface area contributed by atoms with Gasteiger partial charge in [0.1, 0.15) is 5.54 Å². The largest absolute Gasteiger partial charge is 0.369 e. The van der Waals surface area contributed by atoms with Crippen LogP contribution in [-0.2, 0) is 36.7 Å². The smallest absolute Gasteiger partial charge is 0.319 e. The van der Waals surface area contributed by atoms with E-state index in [4.69, 9.17) is 50.7 Å². The molecule has 4 aliphatic heterocycles. The van der Waals surface area contributed by atoms with Gasteiger partial charge in [-0.15, -0.1) is 0 Å². The summed E-state index contributed by atoms with van der Waals surface area (Å²) in [6.07, 6.45) is 9.18. The summed E-state index contributed by atoms with van der Waals surface area (Å²) in [5.41, 5.74) is 24.2. The molecule has 2 aliphatic carbocycles. The van der Waals surface area contributed by atoms with Crippen LogP contribution in [0.2, 0.25) is 10.0 Å². The Morgan fingerprint density at radius 1 is 0.698 bits per heavy atom. The van der Waals surface area contributed by atoms with Gasteiger partial charge in [0.05, 0.1) is 35.2 Å². The molecule has 19 nitrogen and oxygen atoms in total. The first kappa shape index (κ1) is 61.8. The predicted molar refractivity (Wildman–Crippen MR) is 334 cm³/mol. The fourth-order valence-corrected chi connectivity index (χ4v) is 13.1. The Labute approximate surface area is 511 Å². The van der Waals surface area contributed by atoms with Gasteiger partial charge in [0.25, 0.3) is 11.8 Å². The highest BCUT2D eigenvalue weighted by molar-refractivity contribution is 6.35. The Kier molecular flexibility index (Phi) is 18.6. The standard InChI is InChI=1S/C25H27N5O2.C20H19Cl2N3O.C20H26N6O2/c1-17(31)29-11-9-18(10-12-29)16-30-23(32)25(2,28-24(30)27)22-8-4-7-21(14-22)20-6-3-5-19(13-20)15-26;1-25-18(26)11-20(24-19(25)23)6-2-3-12-4-5-13(9-17(12)20)14-7-15(21)10-16(22)8-14;1-20(17(27)26(2)18(22)25-20)11-14-4-3-5-16(10-14)24-19(28)23-15-8-6-13(12-21)7-9-15/h3-8,13-14,18H,9-12,16H2,1-2H3,(H2,27,28);4-5,7-10H,2-3,6,11H2,1H3,(H2,23,24);6-9,14,16H,3-5,10-11H2,1-2H3,(H2,22,25)(H2,23,24,28)/t;20-;14-,16+,20+/m.00/s1. The topological polar surface area (TPSA) is 285 Å². The van der Waals surface area contributed by atoms with Crippen LogP contribution in [0.1, 0.15) is 113 Å². The van der Waals surface area contributed by atoms with Gasteiger partial charge in [0.15, 0.2) is 23.4 Å². The van der Waals surface area contributed by atoms with Gasteiger partial charge in [-0.3, -0.25) is 33.9 Å². The minimum atomic E-state index is -1.09. The van der Waals surface area contributed by atoms with Crippen LogP contribution in [0.3, 0.4) is 0 Å². The second kappa shape index (κ2) is 25.8. The maximum Gasteiger partial charge on any atom is 0.319 e. The van der Waals surface area contributed by atoms with Crippen molar-refractivity contribution in [2.75, 3.05) is 39.0 Å². The number of amides is 6. The van der Waals surface area contributed by atoms with Crippen molar-refractivity contribution >= 4 is 76.4 Å². The normalized spacial score (nSPS) is 23.5. The number of benzene rings is 5. The molecule has 446 valence electrons. The number of nitrogens with zero attached hydrogens (tertiary/aromatic N) is 9. The van der Waals surface area contributed by atoms with Crippen molar-refractivity contribution in [2.45, 2.75) is 114 Å². The molecule has 21 heteroatoms. The van der Waals surface area contributed by atoms with Crippen molar-refractivity contribution in [3.8, 4) is 34.4 Å². The number of anilines is 1. The number of fused-ring (bicyclic) bond motifs is 2. The van der Waals surface area contributed by atoms with Crippen LogP contribution in [0.4, 0.5) is 10.5 Å². The summed E-state index contributed by atoms with van der Waals surface area (Å²) >= 11 is 12.3. The SMILES string of the molecule is CC(=O)N1CCC(CN2C(=O)C(C)(c3cccc(-c4cccc(C#N)c4)c3)N=C2N)CC1.CN1C(=O)C[C@]2(CCCc3ccc(-c4cc(Cl)cc(Cl)c4)cc32)N=C1N.CN1C(=O)[C@@](C)(C[C@H]2CCC[C@@H](NC(=O)Nc3ccc(C#N)cc3)C2)N=C1N. The van der Waals surface area contributed by atoms with Crippen LogP contribution in [0, 0.1) is 34.5 Å². The number of aryl methyl sites for hydroxylation is 1. The lowest BCUT2D eigenvalue weighted by Crippen LogP contribution is -2.49. The first-order chi connectivity index (χ1) is 41.0. The predicted octanol–water partition coefficient (Wildman–Crippen LogP) is 9.40. The van der Waals surface area contributed by atoms with Gasteiger partial charge >= 0.3 is 6.03 Å². The molecule has 1 spiro atoms. The lowest BCUT2D eigenvalue weighted by Gasteiger charge is -2.40. The molecule has 2 fully saturated rings. The number of urea groups is 1. The van der Waals surface area contributed by atoms with E-state index in [9.17, 15) is 29.2 Å². The van der Waals surface area contributed by atoms with E-state index in [2.05, 4.69) is 44.9 Å². The minimum Gasteiger partial charge on any atom is -0.369 e. The number of nitrogens with two attached hydrogens (primary N) is 3. The van der Waals surface area contributed by atoms with Gasteiger partial charge in [0.2, 0.25) is 11.8 Å². The van der Waals surface area contributed by atoms with E-state index in [1.165, 1.54) is 15.4 Å². The van der Waals surface area contributed by atoms with Crippen molar-refractivity contribution in [3.05, 3.63) is 147 Å². The average Bonchev–Trinajstić information content (AvgIpc) is 1.22. The van der Waals surface area contributed by atoms with Crippen LogP contribution < -0.4 is 27.8 Å². The lowest BCUT2D eigenvalue weighted by molar-refractivity contribution is -0.133. The van der Waals surface area contributed by atoms with E-state index < -0.39 is 16.6 Å². The molecule has 5 atom stereocenters. The molecular weight excluding hydrogens is 1130 g/mol. The van der Waals surface area contributed by atoms with Gasteiger partial charge in [-0.1, -0.05) is 78.5 Å². The van der Waals surface area contributed by atoms with Crippen molar-refractivity contribution in [2.24, 2.45) is 44.0 Å². The Bertz CT molecular complexity index is 3620. The number of carbonyl (C=O) groups excluding carboxylic acids is 5. The minimum absolute atomic E-state index is 0.00144. The summed E-state index contributed by atoms with van der Waals surface area (Å²) in [6, 6.07) is 37.6. The van der Waals surface area contributed by atoms with E-state index in [1.54, 1.807) is 69.2 Å². The highest BCUT2D eigenvalue weighted by atomic mass is 35.5. The van der Waals surface area contributed by atoms with E-state index in [-0.39, 0.29) is 59.5 Å². The zero-order valence-corrected chi connectivity index (χ0v) is 50.6. The zero-order chi connectivity index (χ0) is 61.7. The molecule has 0 bridgehead atoms. The Morgan fingerprint density at radius 2 is 1.36 bits per heavy atom. The number of hydrogen-bond donors (Lipinski definition) is 5. The Morgan fingerprint density at radius 3 is 2.01 bits per heavy atom. The van der Waals surface area contributed by atoms with E-state index in [0.29, 0.717) is 65.3 Å². The molecule has 8 N–H and O–H groups in total. The first-order valence-electron chi connectivity index (χ1n) is 29.0. The monoisotopic (exact) mass is 1200 g/mol. The quantitative estimate of drug-likeness (QED) is 0.0931. The van der Waals surface area contributed by atoms with Crippen molar-refractivity contribution in [1.82, 2.24) is 24.9 Å². The van der Waals surface area contributed by atoms with E-state index in [1.807, 2.05) is 72.5 Å². The molecular formula is C65H72Cl2N14O5. The number of likely N-dealkylation sites (N-methyl/N-ethyl adjacent to an activating group) is 1. The summed E-state index contributed by atoms with van der Waals surface area (Å²) < 4.78 is 0. The van der Waals surface area contributed by atoms with Gasteiger partial charge in [0, 0.05) is 62.4 Å². The fourth-order valence-electron chi connectivity index (χ4n) is 12.6. The number of likely N-dealkylation sites (tertiary alicyclic amines) is 1. The molecule has 6 aliphatic rings. The van der Waals surface area contributed by atoms with E-state index in [0.717, 1.165) is 91.2 Å². The van der Waals surface area contributed by atoms with Crippen molar-refractivity contribution in [3.63, 3.8) is 0 Å². The summed E-state index contributed by atoms with van der Waals surface area (Å²) in [7, 11) is 3.31. The number of nitriles is 2.